The van der Waals surface area contributed by atoms with E-state index in [4.69, 9.17) is 17.0 Å². The molecule has 4 heteroatoms. The summed E-state index contributed by atoms with van der Waals surface area (Å²) in [6.07, 6.45) is 9.36. The molecule has 0 spiro atoms. The third-order valence-corrected chi connectivity index (χ3v) is 64.4. The Hall–Kier alpha value is -1.96. The Labute approximate surface area is 324 Å². The monoisotopic (exact) mass is 825 g/mol. The van der Waals surface area contributed by atoms with Gasteiger partial charge in [-0.2, -0.15) is 0 Å². The van der Waals surface area contributed by atoms with Crippen LogP contribution >= 0.6 is 17.0 Å². The van der Waals surface area contributed by atoms with Gasteiger partial charge in [-0.15, -0.1) is 0 Å². The van der Waals surface area contributed by atoms with Crippen LogP contribution in [0, 0.1) is 11.8 Å². The molecule has 4 atom stereocenters. The van der Waals surface area contributed by atoms with Crippen LogP contribution in [0.25, 0.3) is 34.4 Å². The van der Waals surface area contributed by atoms with Crippen LogP contribution in [0.4, 0.5) is 0 Å². The van der Waals surface area contributed by atoms with Crippen LogP contribution in [0.15, 0.2) is 96.1 Å². The summed E-state index contributed by atoms with van der Waals surface area (Å²) in [6, 6.07) is 32.2. The van der Waals surface area contributed by atoms with Crippen LogP contribution in [0.1, 0.15) is 134 Å². The molecule has 0 radical (unpaired) electrons. The first-order chi connectivity index (χ1) is 24.7. The van der Waals surface area contributed by atoms with Crippen molar-refractivity contribution in [3.63, 3.8) is 0 Å². The van der Waals surface area contributed by atoms with E-state index < -0.39 is 21.5 Å². The topological polar surface area (TPSA) is 0 Å². The first-order valence-corrected chi connectivity index (χ1v) is 36.5. The zero-order chi connectivity index (χ0) is 37.6. The minimum atomic E-state index is -4.96. The molecule has 275 valence electrons. The van der Waals surface area contributed by atoms with E-state index in [-0.39, 0.29) is 7.25 Å². The third kappa shape index (κ3) is 6.91. The molecule has 0 N–H and O–H groups in total. The van der Waals surface area contributed by atoms with Gasteiger partial charge in [-0.25, -0.2) is 0 Å². The number of hydrogen-bond donors (Lipinski definition) is 0. The molecule has 4 aromatic rings. The van der Waals surface area contributed by atoms with E-state index in [9.17, 15) is 0 Å². The van der Waals surface area contributed by atoms with Crippen molar-refractivity contribution in [3.05, 3.63) is 129 Å². The van der Waals surface area contributed by atoms with Crippen LogP contribution in [-0.2, 0) is 15.6 Å². The molecule has 0 saturated carbocycles. The zero-order valence-corrected chi connectivity index (χ0v) is 38.5. The molecule has 0 nitrogen and oxygen atoms in total. The number of allylic oxidation sites excluding steroid dienone is 2. The summed E-state index contributed by atoms with van der Waals surface area (Å²) in [6.45, 7) is 23.7. The molecule has 0 heterocycles. The molecule has 4 unspecified atom stereocenters. The SMILES string of the molecule is CCC(C)c1ccccc1-c1cccc2c1C=C(CC(C)C)[CH]2[Zr]([Cl])([Cl])([CH]1C(CC(C)C)=Cc2c(-c3ccccc3C(C)CC)cccc21)[SiH](C)C. The van der Waals surface area contributed by atoms with Crippen LogP contribution in [0.3, 0.4) is 0 Å². The van der Waals surface area contributed by atoms with E-state index >= 15 is 0 Å². The van der Waals surface area contributed by atoms with E-state index in [1.807, 2.05) is 0 Å². The quantitative estimate of drug-likeness (QED) is 0.118. The fraction of sp³-hybridized carbons (Fsp3) is 0.417. The average Bonchev–Trinajstić information content (AvgIpc) is 3.69. The van der Waals surface area contributed by atoms with Gasteiger partial charge in [0.15, 0.2) is 0 Å². The van der Waals surface area contributed by atoms with Gasteiger partial charge in [-0.05, 0) is 0 Å². The van der Waals surface area contributed by atoms with Gasteiger partial charge in [0.2, 0.25) is 0 Å². The van der Waals surface area contributed by atoms with Crippen LogP contribution in [0.2, 0.25) is 13.1 Å². The molecule has 2 aliphatic rings. The van der Waals surface area contributed by atoms with Gasteiger partial charge in [-0.1, -0.05) is 0 Å². The van der Waals surface area contributed by atoms with Crippen molar-refractivity contribution in [2.75, 3.05) is 0 Å². The molecule has 52 heavy (non-hydrogen) atoms. The minimum absolute atomic E-state index is 0.0899. The number of hydrogen-bond acceptors (Lipinski definition) is 0. The van der Waals surface area contributed by atoms with Gasteiger partial charge in [0, 0.05) is 0 Å². The van der Waals surface area contributed by atoms with Crippen LogP contribution in [-0.4, -0.2) is 5.92 Å². The Balaban J connectivity index is 1.62. The predicted octanol–water partition coefficient (Wildman–Crippen LogP) is 15.7. The predicted molar refractivity (Wildman–Crippen MR) is 232 cm³/mol. The fourth-order valence-corrected chi connectivity index (χ4v) is 41.0. The van der Waals surface area contributed by atoms with E-state index in [1.54, 1.807) is 0 Å². The molecule has 6 rings (SSSR count). The molecule has 0 bridgehead atoms. The first kappa shape index (κ1) is 39.7. The van der Waals surface area contributed by atoms with Crippen molar-refractivity contribution in [2.24, 2.45) is 11.8 Å². The molecule has 0 saturated heterocycles. The summed E-state index contributed by atoms with van der Waals surface area (Å²) in [5.74, 6) is 0.284. The van der Waals surface area contributed by atoms with Crippen molar-refractivity contribution in [1.29, 1.82) is 0 Å². The Morgan fingerprint density at radius 1 is 0.538 bits per heavy atom. The van der Waals surface area contributed by atoms with E-state index in [0.717, 1.165) is 25.7 Å². The fourth-order valence-electron chi connectivity index (χ4n) is 9.61. The van der Waals surface area contributed by atoms with Gasteiger partial charge in [0.25, 0.3) is 0 Å². The molecule has 0 fully saturated rings. The van der Waals surface area contributed by atoms with Crippen molar-refractivity contribution < 1.29 is 15.6 Å². The second-order valence-corrected chi connectivity index (χ2v) is 59.8. The Kier molecular flexibility index (Phi) is 12.0. The summed E-state index contributed by atoms with van der Waals surface area (Å²) in [4.78, 5) is 0. The molecule has 4 aromatic carbocycles. The number of fused-ring (bicyclic) bond motifs is 2. The van der Waals surface area contributed by atoms with Gasteiger partial charge in [0.05, 0.1) is 0 Å². The van der Waals surface area contributed by atoms with Crippen molar-refractivity contribution >= 4 is 35.1 Å². The summed E-state index contributed by atoms with van der Waals surface area (Å²) < 4.78 is 0.180. The van der Waals surface area contributed by atoms with Gasteiger partial charge >= 0.3 is 327 Å². The summed E-state index contributed by atoms with van der Waals surface area (Å²) in [5, 5.41) is 0. The molecular formula is C48H61Cl2SiZr. The normalized spacial score (nSPS) is 18.9. The van der Waals surface area contributed by atoms with E-state index in [1.165, 1.54) is 66.8 Å². The molecular weight excluding hydrogens is 767 g/mol. The number of halogens is 2. The number of benzene rings is 4. The van der Waals surface area contributed by atoms with Crippen LogP contribution in [0.5, 0.6) is 0 Å². The average molecular weight is 828 g/mol. The summed E-state index contributed by atoms with van der Waals surface area (Å²) >= 11 is -4.96. The third-order valence-electron chi connectivity index (χ3n) is 12.6. The van der Waals surface area contributed by atoms with Gasteiger partial charge in [0.1, 0.15) is 0 Å². The molecule has 2 aliphatic carbocycles. The van der Waals surface area contributed by atoms with Gasteiger partial charge in [-0.3, -0.25) is 0 Å². The van der Waals surface area contributed by atoms with Crippen LogP contribution < -0.4 is 0 Å². The molecule has 0 amide bonds. The number of rotatable bonds is 13. The van der Waals surface area contributed by atoms with Crippen molar-refractivity contribution in [3.8, 4) is 22.3 Å². The van der Waals surface area contributed by atoms with Crippen molar-refractivity contribution in [2.45, 2.75) is 113 Å². The van der Waals surface area contributed by atoms with Crippen molar-refractivity contribution in [1.82, 2.24) is 0 Å². The van der Waals surface area contributed by atoms with E-state index in [0.29, 0.717) is 23.7 Å². The maximum absolute atomic E-state index is 8.91. The first-order valence-electron chi connectivity index (χ1n) is 20.1. The Morgan fingerprint density at radius 3 is 1.25 bits per heavy atom. The summed E-state index contributed by atoms with van der Waals surface area (Å²) in [7, 11) is 17.8. The van der Waals surface area contributed by atoms with E-state index in [2.05, 4.69) is 166 Å². The molecule has 0 aromatic heterocycles. The summed E-state index contributed by atoms with van der Waals surface area (Å²) in [5.41, 5.74) is 16.7. The Morgan fingerprint density at radius 2 is 0.904 bits per heavy atom. The molecule has 0 aliphatic heterocycles. The standard InChI is InChI=1S/2C23H27.C2H7Si.2ClH.Zr/c2*1-5-17(4)20-10-6-7-11-21(20)22-12-8-9-19-14-18(13-16(2)3)15-23(19)22;1-3-2;;;/h2*6-12,14-17H,5,13H2,1-4H3;3H,1-2H3;2*1H;/q;;;;;+2/p-2. The second-order valence-electron chi connectivity index (χ2n) is 17.3. The Bertz CT molecular complexity index is 1860. The van der Waals surface area contributed by atoms with Gasteiger partial charge < -0.3 is 0 Å². The second kappa shape index (κ2) is 15.6. The maximum atomic E-state index is 8.91. The zero-order valence-electron chi connectivity index (χ0n) is 33.4.